The van der Waals surface area contributed by atoms with Crippen LogP contribution in [0.5, 0.6) is 0 Å². The maximum absolute atomic E-state index is 12.8. The van der Waals surface area contributed by atoms with Crippen LogP contribution in [0.1, 0.15) is 47.5 Å². The average Bonchev–Trinajstić information content (AvgIpc) is 3.42. The van der Waals surface area contributed by atoms with E-state index in [-0.39, 0.29) is 17.6 Å². The molecule has 1 unspecified atom stereocenters. The molecule has 1 aliphatic rings. The Morgan fingerprint density at radius 3 is 2.84 bits per heavy atom. The molecule has 2 heterocycles. The molecule has 8 nitrogen and oxygen atoms in total. The monoisotopic (exact) mass is 471 g/mol. The zero-order valence-corrected chi connectivity index (χ0v) is 19.7. The van der Waals surface area contributed by atoms with E-state index >= 15 is 0 Å². The number of esters is 1. The number of thiophene rings is 1. The smallest absolute Gasteiger partial charge is 0.341 e. The van der Waals surface area contributed by atoms with Crippen LogP contribution >= 0.6 is 23.1 Å². The van der Waals surface area contributed by atoms with Crippen LogP contribution in [0.25, 0.3) is 5.69 Å². The number of anilines is 1. The van der Waals surface area contributed by atoms with Gasteiger partial charge < -0.3 is 10.1 Å². The number of hydrogen-bond donors (Lipinski definition) is 1. The summed E-state index contributed by atoms with van der Waals surface area (Å²) in [5.41, 5.74) is 2.38. The van der Waals surface area contributed by atoms with E-state index < -0.39 is 0 Å². The van der Waals surface area contributed by atoms with Crippen molar-refractivity contribution in [1.29, 1.82) is 0 Å². The van der Waals surface area contributed by atoms with Crippen LogP contribution in [0.4, 0.5) is 5.00 Å². The third-order valence-corrected chi connectivity index (χ3v) is 7.54. The number of thioether (sulfide) groups is 1. The molecule has 1 amide bonds. The van der Waals surface area contributed by atoms with Crippen LogP contribution in [-0.2, 0) is 22.4 Å². The van der Waals surface area contributed by atoms with E-state index in [1.165, 1.54) is 28.0 Å². The molecule has 1 aromatic carbocycles. The van der Waals surface area contributed by atoms with Gasteiger partial charge in [-0.1, -0.05) is 43.3 Å². The highest BCUT2D eigenvalue weighted by atomic mass is 32.2. The lowest BCUT2D eigenvalue weighted by Gasteiger charge is -2.20. The molecule has 0 saturated heterocycles. The maximum atomic E-state index is 12.8. The van der Waals surface area contributed by atoms with Gasteiger partial charge >= 0.3 is 5.97 Å². The number of para-hydroxylation sites is 1. The van der Waals surface area contributed by atoms with Gasteiger partial charge in [0.15, 0.2) is 0 Å². The Morgan fingerprint density at radius 2 is 2.09 bits per heavy atom. The Kier molecular flexibility index (Phi) is 7.21. The number of carbonyl (C=O) groups excluding carboxylic acids is 2. The van der Waals surface area contributed by atoms with Crippen molar-refractivity contribution in [3.8, 4) is 5.69 Å². The van der Waals surface area contributed by atoms with Crippen molar-refractivity contribution in [2.24, 2.45) is 5.92 Å². The van der Waals surface area contributed by atoms with Gasteiger partial charge in [-0.25, -0.2) is 4.79 Å². The van der Waals surface area contributed by atoms with E-state index in [0.29, 0.717) is 28.2 Å². The minimum Gasteiger partial charge on any atom is -0.462 e. The summed E-state index contributed by atoms with van der Waals surface area (Å²) in [6, 6.07) is 9.50. The molecular weight excluding hydrogens is 446 g/mol. The van der Waals surface area contributed by atoms with Crippen molar-refractivity contribution in [2.75, 3.05) is 17.7 Å². The largest absolute Gasteiger partial charge is 0.462 e. The van der Waals surface area contributed by atoms with Crippen LogP contribution in [0.3, 0.4) is 0 Å². The highest BCUT2D eigenvalue weighted by Gasteiger charge is 2.30. The lowest BCUT2D eigenvalue weighted by molar-refractivity contribution is -0.113. The van der Waals surface area contributed by atoms with Crippen molar-refractivity contribution in [1.82, 2.24) is 20.2 Å². The topological polar surface area (TPSA) is 99.0 Å². The van der Waals surface area contributed by atoms with Crippen LogP contribution < -0.4 is 5.32 Å². The molecule has 168 valence electrons. The zero-order valence-electron chi connectivity index (χ0n) is 18.0. The number of benzene rings is 1. The molecule has 4 rings (SSSR count). The van der Waals surface area contributed by atoms with E-state index in [0.717, 1.165) is 36.9 Å². The Bertz CT molecular complexity index is 1100. The molecule has 1 aliphatic carbocycles. The number of aromatic nitrogens is 4. The molecule has 1 atom stereocenters. The van der Waals surface area contributed by atoms with Crippen molar-refractivity contribution in [2.45, 2.75) is 44.7 Å². The van der Waals surface area contributed by atoms with E-state index in [4.69, 9.17) is 4.74 Å². The van der Waals surface area contributed by atoms with E-state index in [2.05, 4.69) is 27.8 Å². The van der Waals surface area contributed by atoms with Crippen LogP contribution in [0, 0.1) is 5.92 Å². The summed E-state index contributed by atoms with van der Waals surface area (Å²) in [6.07, 6.45) is 3.95. The Balaban J connectivity index is 1.48. The van der Waals surface area contributed by atoms with Gasteiger partial charge in [0, 0.05) is 4.88 Å². The first-order valence-corrected chi connectivity index (χ1v) is 12.5. The molecule has 32 heavy (non-hydrogen) atoms. The average molecular weight is 472 g/mol. The number of fused-ring (bicyclic) bond motifs is 1. The molecule has 10 heteroatoms. The summed E-state index contributed by atoms with van der Waals surface area (Å²) in [5.74, 6) is 0.159. The number of hydrogen-bond acceptors (Lipinski definition) is 8. The molecule has 1 N–H and O–H groups in total. The second-order valence-corrected chi connectivity index (χ2v) is 9.54. The second-order valence-electron chi connectivity index (χ2n) is 7.49. The fourth-order valence-corrected chi connectivity index (χ4v) is 5.86. The summed E-state index contributed by atoms with van der Waals surface area (Å²) in [5, 5.41) is 15.8. The van der Waals surface area contributed by atoms with Crippen LogP contribution in [0.15, 0.2) is 35.5 Å². The van der Waals surface area contributed by atoms with Crippen molar-refractivity contribution < 1.29 is 14.3 Å². The molecule has 3 aromatic rings. The van der Waals surface area contributed by atoms with E-state index in [1.54, 1.807) is 11.6 Å². The number of nitrogens with one attached hydrogen (secondary N) is 1. The van der Waals surface area contributed by atoms with Gasteiger partial charge in [0.05, 0.1) is 23.6 Å². The molecule has 0 bridgehead atoms. The predicted molar refractivity (Wildman–Crippen MR) is 125 cm³/mol. The van der Waals surface area contributed by atoms with Crippen molar-refractivity contribution >= 4 is 40.0 Å². The summed E-state index contributed by atoms with van der Waals surface area (Å²) < 4.78 is 6.89. The lowest BCUT2D eigenvalue weighted by Crippen LogP contribution is -2.18. The van der Waals surface area contributed by atoms with Gasteiger partial charge in [-0.05, 0) is 60.2 Å². The van der Waals surface area contributed by atoms with Gasteiger partial charge in [0.1, 0.15) is 5.00 Å². The first-order chi connectivity index (χ1) is 15.6. The van der Waals surface area contributed by atoms with Crippen LogP contribution in [-0.4, -0.2) is 44.4 Å². The van der Waals surface area contributed by atoms with Crippen molar-refractivity contribution in [3.05, 3.63) is 46.3 Å². The minimum absolute atomic E-state index is 0.121. The number of rotatable bonds is 8. The van der Waals surface area contributed by atoms with Gasteiger partial charge in [0.2, 0.25) is 11.1 Å². The van der Waals surface area contributed by atoms with Gasteiger partial charge in [-0.3, -0.25) is 4.79 Å². The third-order valence-electron chi connectivity index (χ3n) is 5.45. The molecule has 0 fully saturated rings. The number of carbonyl (C=O) groups is 2. The lowest BCUT2D eigenvalue weighted by atomic mass is 9.85. The highest BCUT2D eigenvalue weighted by Crippen LogP contribution is 2.41. The third kappa shape index (κ3) is 4.86. The Morgan fingerprint density at radius 1 is 1.28 bits per heavy atom. The molecular formula is C22H25N5O3S2. The Labute approximate surface area is 194 Å². The number of tetrazole rings is 1. The summed E-state index contributed by atoms with van der Waals surface area (Å²) in [6.45, 7) is 4.28. The predicted octanol–water partition coefficient (Wildman–Crippen LogP) is 4.15. The van der Waals surface area contributed by atoms with Gasteiger partial charge in [0.25, 0.3) is 0 Å². The number of amides is 1. The quantitative estimate of drug-likeness (QED) is 0.389. The van der Waals surface area contributed by atoms with E-state index in [9.17, 15) is 9.59 Å². The summed E-state index contributed by atoms with van der Waals surface area (Å²) in [7, 11) is 0. The first kappa shape index (κ1) is 22.5. The molecule has 2 aromatic heterocycles. The fraction of sp³-hybridized carbons (Fsp3) is 0.409. The van der Waals surface area contributed by atoms with E-state index in [1.807, 2.05) is 30.3 Å². The van der Waals surface area contributed by atoms with Gasteiger partial charge in [-0.2, -0.15) is 4.68 Å². The molecule has 0 spiro atoms. The van der Waals surface area contributed by atoms with Crippen molar-refractivity contribution in [3.63, 3.8) is 0 Å². The normalized spacial score (nSPS) is 15.2. The van der Waals surface area contributed by atoms with Crippen LogP contribution in [0.2, 0.25) is 0 Å². The fourth-order valence-electron chi connectivity index (χ4n) is 3.80. The summed E-state index contributed by atoms with van der Waals surface area (Å²) in [4.78, 5) is 26.6. The van der Waals surface area contributed by atoms with Gasteiger partial charge in [-0.15, -0.1) is 16.4 Å². The molecule has 0 radical (unpaired) electrons. The first-order valence-electron chi connectivity index (χ1n) is 10.7. The highest BCUT2D eigenvalue weighted by molar-refractivity contribution is 7.99. The number of ether oxygens (including phenoxy) is 1. The summed E-state index contributed by atoms with van der Waals surface area (Å²) >= 11 is 2.74. The number of nitrogens with zero attached hydrogens (tertiary/aromatic N) is 4. The molecule has 0 saturated carbocycles. The standard InChI is InChI=1S/C22H25N5O3S2/c1-3-14-10-11-16-17(12-14)32-20(19(16)21(29)30-4-2)23-18(28)13-31-22-24-25-26-27(22)15-8-6-5-7-9-15/h5-9,14H,3-4,10-13H2,1-2H3,(H,23,28). The minimum atomic E-state index is -0.365. The SMILES string of the molecule is CCOC(=O)c1c(NC(=O)CSc2nnnn2-c2ccccc2)sc2c1CCC(CC)C2. The maximum Gasteiger partial charge on any atom is 0.341 e. The Hall–Kier alpha value is -2.72. The second kappa shape index (κ2) is 10.3. The zero-order chi connectivity index (χ0) is 22.5. The molecule has 0 aliphatic heterocycles.